The third-order valence-electron chi connectivity index (χ3n) is 8.02. The lowest BCUT2D eigenvalue weighted by atomic mass is 9.94. The maximum absolute atomic E-state index is 13.8. The van der Waals surface area contributed by atoms with E-state index in [4.69, 9.17) is 0 Å². The van der Waals surface area contributed by atoms with Crippen LogP contribution >= 0.6 is 0 Å². The van der Waals surface area contributed by atoms with Crippen molar-refractivity contribution in [2.24, 2.45) is 0 Å². The van der Waals surface area contributed by atoms with Gasteiger partial charge in [-0.25, -0.2) is 8.42 Å². The lowest BCUT2D eigenvalue weighted by molar-refractivity contribution is -0.133. The SMILES string of the molecule is CCC(C(=O)N1CCN(c2ccc(NS(=O)(=O)c3ccccc3)cc2C(=O)N2CCCCC2)CC1)c1ccccc1. The second-order valence-electron chi connectivity index (χ2n) is 10.7. The molecule has 8 nitrogen and oxygen atoms in total. The highest BCUT2D eigenvalue weighted by atomic mass is 32.2. The van der Waals surface area contributed by atoms with E-state index in [9.17, 15) is 18.0 Å². The summed E-state index contributed by atoms with van der Waals surface area (Å²) in [6, 6.07) is 23.3. The molecule has 2 aliphatic heterocycles. The molecule has 2 heterocycles. The topological polar surface area (TPSA) is 90.0 Å². The fourth-order valence-electron chi connectivity index (χ4n) is 5.75. The number of likely N-dealkylation sites (tertiary alicyclic amines) is 1. The van der Waals surface area contributed by atoms with E-state index in [1.54, 1.807) is 30.3 Å². The Morgan fingerprint density at radius 3 is 2.05 bits per heavy atom. The minimum absolute atomic E-state index is 0.0888. The van der Waals surface area contributed by atoms with E-state index >= 15 is 0 Å². The highest BCUT2D eigenvalue weighted by molar-refractivity contribution is 7.92. The Kier molecular flexibility index (Phi) is 8.93. The molecule has 0 radical (unpaired) electrons. The van der Waals surface area contributed by atoms with E-state index in [1.165, 1.54) is 12.1 Å². The number of hydrogen-bond acceptors (Lipinski definition) is 5. The maximum atomic E-state index is 13.8. The number of hydrogen-bond donors (Lipinski definition) is 1. The van der Waals surface area contributed by atoms with Crippen molar-refractivity contribution < 1.29 is 18.0 Å². The van der Waals surface area contributed by atoms with E-state index in [-0.39, 0.29) is 22.6 Å². The molecule has 1 N–H and O–H groups in total. The normalized spacial score (nSPS) is 16.8. The fraction of sp³-hybridized carbons (Fsp3) is 0.375. The highest BCUT2D eigenvalue weighted by Crippen LogP contribution is 2.30. The summed E-state index contributed by atoms with van der Waals surface area (Å²) < 4.78 is 28.6. The molecule has 9 heteroatoms. The summed E-state index contributed by atoms with van der Waals surface area (Å²) in [5, 5.41) is 0. The van der Waals surface area contributed by atoms with Gasteiger partial charge in [-0.15, -0.1) is 0 Å². The maximum Gasteiger partial charge on any atom is 0.261 e. The standard InChI is InChI=1S/C32H38N4O4S/c1-2-28(25-12-6-3-7-13-25)31(37)36-22-20-34(21-23-36)30-17-16-26(33-41(39,40)27-14-8-4-9-15-27)24-29(30)32(38)35-18-10-5-11-19-35/h3-4,6-9,12-17,24,28,33H,2,5,10-11,18-23H2,1H3. The number of nitrogens with zero attached hydrogens (tertiary/aromatic N) is 3. The van der Waals surface area contributed by atoms with Gasteiger partial charge in [0, 0.05) is 50.6 Å². The quantitative estimate of drug-likeness (QED) is 0.411. The Labute approximate surface area is 243 Å². The van der Waals surface area contributed by atoms with Crippen LogP contribution in [0.1, 0.15) is 54.4 Å². The molecule has 5 rings (SSSR count). The lowest BCUT2D eigenvalue weighted by Gasteiger charge is -2.38. The van der Waals surface area contributed by atoms with Crippen LogP contribution in [0.5, 0.6) is 0 Å². The van der Waals surface area contributed by atoms with Crippen molar-refractivity contribution >= 4 is 33.2 Å². The van der Waals surface area contributed by atoms with Gasteiger partial charge in [0.1, 0.15) is 0 Å². The largest absolute Gasteiger partial charge is 0.367 e. The summed E-state index contributed by atoms with van der Waals surface area (Å²) in [5.41, 5.74) is 2.63. The van der Waals surface area contributed by atoms with Crippen molar-refractivity contribution in [1.82, 2.24) is 9.80 Å². The molecule has 0 aromatic heterocycles. The molecule has 3 aromatic rings. The molecular weight excluding hydrogens is 536 g/mol. The van der Waals surface area contributed by atoms with Crippen molar-refractivity contribution in [2.45, 2.75) is 43.4 Å². The number of benzene rings is 3. The number of carbonyl (C=O) groups is 2. The second kappa shape index (κ2) is 12.8. The van der Waals surface area contributed by atoms with Gasteiger partial charge in [-0.3, -0.25) is 14.3 Å². The Morgan fingerprint density at radius 2 is 1.41 bits per heavy atom. The average molecular weight is 575 g/mol. The predicted molar refractivity (Wildman–Crippen MR) is 162 cm³/mol. The predicted octanol–water partition coefficient (Wildman–Crippen LogP) is 4.96. The van der Waals surface area contributed by atoms with Crippen LogP contribution in [0.25, 0.3) is 0 Å². The van der Waals surface area contributed by atoms with E-state index < -0.39 is 10.0 Å². The number of rotatable bonds is 8. The number of amides is 2. The first-order chi connectivity index (χ1) is 19.9. The molecule has 0 aliphatic carbocycles. The molecule has 3 aromatic carbocycles. The van der Waals surface area contributed by atoms with Gasteiger partial charge in [0.2, 0.25) is 5.91 Å². The first-order valence-electron chi connectivity index (χ1n) is 14.5. The van der Waals surface area contributed by atoms with Crippen molar-refractivity contribution in [1.29, 1.82) is 0 Å². The summed E-state index contributed by atoms with van der Waals surface area (Å²) in [7, 11) is -3.80. The summed E-state index contributed by atoms with van der Waals surface area (Å²) in [5.74, 6) is -0.126. The van der Waals surface area contributed by atoms with Crippen molar-refractivity contribution in [3.05, 3.63) is 90.0 Å². The smallest absolute Gasteiger partial charge is 0.261 e. The summed E-state index contributed by atoms with van der Waals surface area (Å²) in [6.45, 7) is 5.72. The number of carbonyl (C=O) groups excluding carboxylic acids is 2. The van der Waals surface area contributed by atoms with Crippen LogP contribution in [0, 0.1) is 0 Å². The zero-order valence-corrected chi connectivity index (χ0v) is 24.4. The summed E-state index contributed by atoms with van der Waals surface area (Å²) in [6.07, 6.45) is 3.76. The zero-order valence-electron chi connectivity index (χ0n) is 23.5. The molecule has 2 aliphatic rings. The van der Waals surface area contributed by atoms with Crippen molar-refractivity contribution in [2.75, 3.05) is 48.9 Å². The third-order valence-corrected chi connectivity index (χ3v) is 9.41. The van der Waals surface area contributed by atoms with Crippen LogP contribution in [-0.2, 0) is 14.8 Å². The van der Waals surface area contributed by atoms with E-state index in [2.05, 4.69) is 9.62 Å². The molecule has 2 amide bonds. The van der Waals surface area contributed by atoms with Crippen LogP contribution in [0.15, 0.2) is 83.8 Å². The first-order valence-corrected chi connectivity index (χ1v) is 16.0. The van der Waals surface area contributed by atoms with E-state index in [1.807, 2.05) is 53.1 Å². The Balaban J connectivity index is 1.36. The van der Waals surface area contributed by atoms with Crippen molar-refractivity contribution in [3.8, 4) is 0 Å². The van der Waals surface area contributed by atoms with Gasteiger partial charge < -0.3 is 14.7 Å². The molecule has 216 valence electrons. The van der Waals surface area contributed by atoms with Gasteiger partial charge >= 0.3 is 0 Å². The Morgan fingerprint density at radius 1 is 0.780 bits per heavy atom. The van der Waals surface area contributed by atoms with Gasteiger partial charge in [-0.2, -0.15) is 0 Å². The fourth-order valence-corrected chi connectivity index (χ4v) is 6.82. The zero-order chi connectivity index (χ0) is 28.8. The summed E-state index contributed by atoms with van der Waals surface area (Å²) >= 11 is 0. The van der Waals surface area contributed by atoms with Gasteiger partial charge in [0.25, 0.3) is 15.9 Å². The number of piperazine rings is 1. The van der Waals surface area contributed by atoms with Gasteiger partial charge in [-0.1, -0.05) is 55.5 Å². The van der Waals surface area contributed by atoms with Crippen LogP contribution in [0.4, 0.5) is 11.4 Å². The van der Waals surface area contributed by atoms with Crippen molar-refractivity contribution in [3.63, 3.8) is 0 Å². The van der Waals surface area contributed by atoms with E-state index in [0.29, 0.717) is 50.5 Å². The van der Waals surface area contributed by atoms with Crippen LogP contribution < -0.4 is 9.62 Å². The number of anilines is 2. The monoisotopic (exact) mass is 574 g/mol. The van der Waals surface area contributed by atoms with Gasteiger partial charge in [0.15, 0.2) is 0 Å². The molecule has 1 unspecified atom stereocenters. The lowest BCUT2D eigenvalue weighted by Crippen LogP contribution is -2.50. The molecule has 2 fully saturated rings. The number of piperidine rings is 1. The Bertz CT molecular complexity index is 1450. The molecule has 0 spiro atoms. The minimum atomic E-state index is -3.80. The number of nitrogens with one attached hydrogen (secondary N) is 1. The minimum Gasteiger partial charge on any atom is -0.367 e. The van der Waals surface area contributed by atoms with E-state index in [0.717, 1.165) is 36.9 Å². The first kappa shape index (κ1) is 28.7. The van der Waals surface area contributed by atoms with Gasteiger partial charge in [0.05, 0.1) is 16.4 Å². The summed E-state index contributed by atoms with van der Waals surface area (Å²) in [4.78, 5) is 33.3. The number of sulfonamides is 1. The molecular formula is C32H38N4O4S. The van der Waals surface area contributed by atoms with Crippen LogP contribution in [-0.4, -0.2) is 69.3 Å². The molecule has 41 heavy (non-hydrogen) atoms. The van der Waals surface area contributed by atoms with Gasteiger partial charge in [-0.05, 0) is 61.6 Å². The molecule has 0 saturated carbocycles. The average Bonchev–Trinajstić information content (AvgIpc) is 3.02. The molecule has 1 atom stereocenters. The van der Waals surface area contributed by atoms with Crippen LogP contribution in [0.2, 0.25) is 0 Å². The second-order valence-corrected chi connectivity index (χ2v) is 12.4. The molecule has 0 bridgehead atoms. The molecule has 2 saturated heterocycles. The Hall–Kier alpha value is -3.85. The van der Waals surface area contributed by atoms with Crippen LogP contribution in [0.3, 0.4) is 0 Å². The highest BCUT2D eigenvalue weighted by Gasteiger charge is 2.30. The third kappa shape index (κ3) is 6.56.